The van der Waals surface area contributed by atoms with Gasteiger partial charge in [0.25, 0.3) is 0 Å². The number of methoxy groups -OCH3 is 1. The Balaban J connectivity index is 2.71. The smallest absolute Gasteiger partial charge is 0.244 e. The van der Waals surface area contributed by atoms with E-state index in [1.165, 1.54) is 14.2 Å². The van der Waals surface area contributed by atoms with Gasteiger partial charge in [-0.25, -0.2) is 0 Å². The van der Waals surface area contributed by atoms with E-state index in [1.54, 1.807) is 6.92 Å². The lowest BCUT2D eigenvalue weighted by Gasteiger charge is -2.41. The minimum absolute atomic E-state index is 0.191. The molecule has 10 nitrogen and oxygen atoms in total. The first-order chi connectivity index (χ1) is 11.4. The highest BCUT2D eigenvalue weighted by molar-refractivity contribution is 5.87. The van der Waals surface area contributed by atoms with Crippen molar-refractivity contribution in [1.29, 1.82) is 0 Å². The van der Waals surface area contributed by atoms with Gasteiger partial charge in [-0.05, 0) is 0 Å². The number of hydrogen-bond acceptors (Lipinski definition) is 8. The zero-order valence-corrected chi connectivity index (χ0v) is 14.0. The van der Waals surface area contributed by atoms with E-state index in [1.807, 2.05) is 0 Å². The summed E-state index contributed by atoms with van der Waals surface area (Å²) in [7, 11) is 2.73. The van der Waals surface area contributed by atoms with Crippen molar-refractivity contribution in [3.8, 4) is 0 Å². The van der Waals surface area contributed by atoms with Gasteiger partial charge in [0.1, 0.15) is 30.5 Å². The Morgan fingerprint density at radius 2 is 1.96 bits per heavy atom. The number of ether oxygens (including phenoxy) is 3. The van der Waals surface area contributed by atoms with Crippen molar-refractivity contribution in [3.05, 3.63) is 0 Å². The number of amides is 2. The van der Waals surface area contributed by atoms with Gasteiger partial charge in [-0.3, -0.25) is 9.59 Å². The highest BCUT2D eigenvalue weighted by Gasteiger charge is 2.45. The quantitative estimate of drug-likeness (QED) is 0.313. The lowest BCUT2D eigenvalue weighted by atomic mass is 9.99. The molecule has 1 fully saturated rings. The highest BCUT2D eigenvalue weighted by Crippen LogP contribution is 2.23. The van der Waals surface area contributed by atoms with Crippen LogP contribution in [0.1, 0.15) is 13.3 Å². The first kappa shape index (κ1) is 20.7. The molecule has 10 heteroatoms. The standard InChI is InChI=1S/C14H26N2O8/c1-4-9(18)16-7(13(21)15-2)6-23-14-11(20)10(19)12(22-3)8(5-17)24-14/h7-8,10-12,14,17,19-20H,4-6H2,1-3H3,(H,15,21)(H,16,18)/t7?,8?,10?,11?,12-,14?/m1/s1. The Kier molecular flexibility index (Phi) is 8.53. The molecule has 1 heterocycles. The number of likely N-dealkylation sites (N-methyl/N-ethyl adjacent to an activating group) is 1. The van der Waals surface area contributed by atoms with Crippen molar-refractivity contribution < 1.29 is 39.1 Å². The van der Waals surface area contributed by atoms with E-state index in [-0.39, 0.29) is 18.9 Å². The Morgan fingerprint density at radius 1 is 1.29 bits per heavy atom. The second kappa shape index (κ2) is 9.87. The minimum Gasteiger partial charge on any atom is -0.394 e. The van der Waals surface area contributed by atoms with Crippen LogP contribution in [0.15, 0.2) is 0 Å². The van der Waals surface area contributed by atoms with Crippen molar-refractivity contribution in [2.75, 3.05) is 27.4 Å². The zero-order valence-electron chi connectivity index (χ0n) is 14.0. The van der Waals surface area contributed by atoms with E-state index < -0.39 is 49.3 Å². The second-order valence-electron chi connectivity index (χ2n) is 5.33. The predicted molar refractivity (Wildman–Crippen MR) is 80.8 cm³/mol. The summed E-state index contributed by atoms with van der Waals surface area (Å²) in [4.78, 5) is 23.3. The summed E-state index contributed by atoms with van der Waals surface area (Å²) in [5.41, 5.74) is 0. The Bertz CT molecular complexity index is 420. The topological polar surface area (TPSA) is 147 Å². The van der Waals surface area contributed by atoms with Gasteiger partial charge in [0.2, 0.25) is 11.8 Å². The molecule has 2 amide bonds. The van der Waals surface area contributed by atoms with Gasteiger partial charge in [0.15, 0.2) is 6.29 Å². The largest absolute Gasteiger partial charge is 0.394 e. The third-order valence-corrected chi connectivity index (χ3v) is 3.74. The maximum atomic E-state index is 11.8. The molecule has 1 saturated heterocycles. The molecule has 24 heavy (non-hydrogen) atoms. The number of nitrogens with one attached hydrogen (secondary N) is 2. The summed E-state index contributed by atoms with van der Waals surface area (Å²) >= 11 is 0. The van der Waals surface area contributed by atoms with E-state index in [0.717, 1.165) is 0 Å². The van der Waals surface area contributed by atoms with Crippen LogP contribution < -0.4 is 10.6 Å². The van der Waals surface area contributed by atoms with E-state index >= 15 is 0 Å². The molecular weight excluding hydrogens is 324 g/mol. The van der Waals surface area contributed by atoms with E-state index in [2.05, 4.69) is 10.6 Å². The van der Waals surface area contributed by atoms with Crippen LogP contribution in [0.2, 0.25) is 0 Å². The van der Waals surface area contributed by atoms with Gasteiger partial charge >= 0.3 is 0 Å². The van der Waals surface area contributed by atoms with Gasteiger partial charge in [-0.15, -0.1) is 0 Å². The van der Waals surface area contributed by atoms with Crippen molar-refractivity contribution in [1.82, 2.24) is 10.6 Å². The maximum absolute atomic E-state index is 11.8. The van der Waals surface area contributed by atoms with Crippen LogP contribution in [0, 0.1) is 0 Å². The summed E-state index contributed by atoms with van der Waals surface area (Å²) in [6.45, 7) is 0.904. The molecular formula is C14H26N2O8. The number of rotatable bonds is 8. The van der Waals surface area contributed by atoms with Gasteiger partial charge in [-0.1, -0.05) is 6.92 Å². The molecule has 0 aromatic rings. The van der Waals surface area contributed by atoms with Crippen LogP contribution in [0.3, 0.4) is 0 Å². The number of carbonyl (C=O) groups is 2. The highest BCUT2D eigenvalue weighted by atomic mass is 16.7. The molecule has 0 saturated carbocycles. The van der Waals surface area contributed by atoms with Gasteiger partial charge < -0.3 is 40.2 Å². The summed E-state index contributed by atoms with van der Waals surface area (Å²) in [5, 5.41) is 34.2. The molecule has 1 aliphatic heterocycles. The summed E-state index contributed by atoms with van der Waals surface area (Å²) in [6.07, 6.45) is -5.69. The first-order valence-corrected chi connectivity index (χ1v) is 7.67. The van der Waals surface area contributed by atoms with Crippen LogP contribution >= 0.6 is 0 Å². The Hall–Kier alpha value is -1.30. The molecule has 0 aromatic carbocycles. The fourth-order valence-electron chi connectivity index (χ4n) is 2.33. The number of hydrogen-bond donors (Lipinski definition) is 5. The van der Waals surface area contributed by atoms with Crippen molar-refractivity contribution in [2.24, 2.45) is 0 Å². The Morgan fingerprint density at radius 3 is 2.46 bits per heavy atom. The third-order valence-electron chi connectivity index (χ3n) is 3.74. The molecule has 5 N–H and O–H groups in total. The summed E-state index contributed by atoms with van der Waals surface area (Å²) in [5.74, 6) is -0.818. The van der Waals surface area contributed by atoms with E-state index in [0.29, 0.717) is 0 Å². The average Bonchev–Trinajstić information content (AvgIpc) is 2.60. The van der Waals surface area contributed by atoms with Crippen molar-refractivity contribution in [2.45, 2.75) is 50.1 Å². The Labute approximate surface area is 140 Å². The average molecular weight is 350 g/mol. The van der Waals surface area contributed by atoms with Gasteiger partial charge in [0.05, 0.1) is 13.2 Å². The molecule has 0 bridgehead atoms. The van der Waals surface area contributed by atoms with Crippen molar-refractivity contribution in [3.63, 3.8) is 0 Å². The fourth-order valence-corrected chi connectivity index (χ4v) is 2.33. The minimum atomic E-state index is -1.44. The molecule has 0 spiro atoms. The van der Waals surface area contributed by atoms with Crippen LogP contribution in [0.5, 0.6) is 0 Å². The monoisotopic (exact) mass is 350 g/mol. The summed E-state index contributed by atoms with van der Waals surface area (Å²) in [6, 6.07) is -0.983. The van der Waals surface area contributed by atoms with E-state index in [9.17, 15) is 24.9 Å². The third kappa shape index (κ3) is 5.10. The zero-order chi connectivity index (χ0) is 18.3. The maximum Gasteiger partial charge on any atom is 0.244 e. The van der Waals surface area contributed by atoms with Crippen LogP contribution in [0.4, 0.5) is 0 Å². The number of aliphatic hydroxyl groups is 3. The van der Waals surface area contributed by atoms with Gasteiger partial charge in [-0.2, -0.15) is 0 Å². The molecule has 5 unspecified atom stereocenters. The predicted octanol–water partition coefficient (Wildman–Crippen LogP) is -2.90. The van der Waals surface area contributed by atoms with Crippen molar-refractivity contribution >= 4 is 11.8 Å². The normalized spacial score (nSPS) is 31.3. The molecule has 0 aliphatic carbocycles. The SMILES string of the molecule is CCC(=O)NC(COC1OC(CO)[C@@H](OC)C(O)C1O)C(=O)NC. The van der Waals surface area contributed by atoms with Crippen LogP contribution in [0.25, 0.3) is 0 Å². The van der Waals surface area contributed by atoms with Crippen LogP contribution in [-0.4, -0.2) is 91.3 Å². The first-order valence-electron chi connectivity index (χ1n) is 7.67. The summed E-state index contributed by atoms with van der Waals surface area (Å²) < 4.78 is 15.7. The number of carbonyl (C=O) groups excluding carboxylic acids is 2. The van der Waals surface area contributed by atoms with Gasteiger partial charge in [0, 0.05) is 20.6 Å². The lowest BCUT2D eigenvalue weighted by molar-refractivity contribution is -0.305. The fraction of sp³-hybridized carbons (Fsp3) is 0.857. The molecule has 1 rings (SSSR count). The molecule has 0 radical (unpaired) electrons. The molecule has 6 atom stereocenters. The second-order valence-corrected chi connectivity index (χ2v) is 5.33. The molecule has 140 valence electrons. The molecule has 1 aliphatic rings. The lowest BCUT2D eigenvalue weighted by Crippen LogP contribution is -2.60. The molecule has 0 aromatic heterocycles. The van der Waals surface area contributed by atoms with E-state index in [4.69, 9.17) is 14.2 Å². The van der Waals surface area contributed by atoms with Crippen LogP contribution in [-0.2, 0) is 23.8 Å². The number of aliphatic hydroxyl groups excluding tert-OH is 3.